The van der Waals surface area contributed by atoms with E-state index in [0.717, 1.165) is 70.8 Å². The molecule has 0 saturated heterocycles. The van der Waals surface area contributed by atoms with E-state index < -0.39 is 4.92 Å². The van der Waals surface area contributed by atoms with Crippen LogP contribution in [0.4, 0.5) is 0 Å². The second kappa shape index (κ2) is 35.5. The van der Waals surface area contributed by atoms with E-state index in [1.54, 1.807) is 7.05 Å². The summed E-state index contributed by atoms with van der Waals surface area (Å²) in [7, 11) is 1.70. The minimum absolute atomic E-state index is 0.0580. The van der Waals surface area contributed by atoms with Gasteiger partial charge in [-0.05, 0) is 58.2 Å². The van der Waals surface area contributed by atoms with Crippen LogP contribution in [-0.2, 0) is 9.53 Å². The Labute approximate surface area is 291 Å². The number of ether oxygens (including phenoxy) is 1. The maximum Gasteiger partial charge on any atom is 0.308 e. The molecule has 0 radical (unpaired) electrons. The summed E-state index contributed by atoms with van der Waals surface area (Å²) in [6.45, 7) is 11.3. The first-order chi connectivity index (χ1) is 23.0. The summed E-state index contributed by atoms with van der Waals surface area (Å²) >= 11 is 0. The van der Waals surface area contributed by atoms with Crippen LogP contribution in [0.1, 0.15) is 188 Å². The Morgan fingerprint density at radius 3 is 1.55 bits per heavy atom. The molecule has 0 aromatic carbocycles. The highest BCUT2D eigenvalue weighted by Gasteiger charge is 2.19. The number of carbonyl (C=O) groups is 1. The van der Waals surface area contributed by atoms with Crippen LogP contribution in [0.25, 0.3) is 0 Å². The van der Waals surface area contributed by atoms with E-state index in [1.807, 2.05) is 0 Å². The summed E-state index contributed by atoms with van der Waals surface area (Å²) in [6.07, 6.45) is 32.6. The van der Waals surface area contributed by atoms with E-state index in [1.165, 1.54) is 122 Å². The van der Waals surface area contributed by atoms with Crippen LogP contribution in [0.3, 0.4) is 0 Å². The lowest BCUT2D eigenvalue weighted by atomic mass is 9.94. The normalized spacial score (nSPS) is 11.8. The van der Waals surface area contributed by atoms with E-state index in [9.17, 15) is 14.9 Å². The van der Waals surface area contributed by atoms with E-state index in [4.69, 9.17) is 4.74 Å². The Kier molecular flexibility index (Phi) is 34.1. The van der Waals surface area contributed by atoms with Crippen molar-refractivity contribution in [3.05, 3.63) is 22.1 Å². The fraction of sp³-hybridized carbons (Fsp3) is 0.923. The van der Waals surface area contributed by atoms with Gasteiger partial charge in [0.25, 0.3) is 6.20 Å². The highest BCUT2D eigenvalue weighted by molar-refractivity contribution is 5.72. The molecule has 0 rings (SSSR count). The molecule has 0 unspecified atom stereocenters. The smallest absolute Gasteiger partial charge is 0.308 e. The zero-order valence-electron chi connectivity index (χ0n) is 31.6. The average Bonchev–Trinajstić information content (AvgIpc) is 3.06. The molecule has 8 nitrogen and oxygen atoms in total. The Morgan fingerprint density at radius 2 is 1.09 bits per heavy atom. The van der Waals surface area contributed by atoms with Crippen LogP contribution in [0, 0.1) is 16.0 Å². The van der Waals surface area contributed by atoms with Crippen molar-refractivity contribution in [1.82, 2.24) is 15.5 Å². The van der Waals surface area contributed by atoms with Gasteiger partial charge >= 0.3 is 5.97 Å². The lowest BCUT2D eigenvalue weighted by molar-refractivity contribution is -0.404. The molecule has 0 aliphatic carbocycles. The molecule has 0 spiro atoms. The topological polar surface area (TPSA) is 96.7 Å². The van der Waals surface area contributed by atoms with Crippen LogP contribution < -0.4 is 10.6 Å². The highest BCUT2D eigenvalue weighted by atomic mass is 16.6. The van der Waals surface area contributed by atoms with Crippen molar-refractivity contribution in [2.24, 2.45) is 5.92 Å². The molecule has 0 fully saturated rings. The van der Waals surface area contributed by atoms with Crippen molar-refractivity contribution >= 4 is 5.97 Å². The van der Waals surface area contributed by atoms with Gasteiger partial charge in [-0.1, -0.05) is 149 Å². The number of carbonyl (C=O) groups excluding carboxylic acids is 1. The van der Waals surface area contributed by atoms with Crippen LogP contribution in [0.2, 0.25) is 0 Å². The van der Waals surface area contributed by atoms with Crippen LogP contribution in [0.15, 0.2) is 12.0 Å². The van der Waals surface area contributed by atoms with Crippen molar-refractivity contribution in [3.8, 4) is 0 Å². The largest absolute Gasteiger partial charge is 0.465 e. The molecule has 278 valence electrons. The number of nitrogens with zero attached hydrogens (tertiary/aromatic N) is 2. The quantitative estimate of drug-likeness (QED) is 0.0295. The van der Waals surface area contributed by atoms with E-state index in [2.05, 4.69) is 36.3 Å². The molecule has 0 atom stereocenters. The van der Waals surface area contributed by atoms with Crippen molar-refractivity contribution in [2.45, 2.75) is 188 Å². The van der Waals surface area contributed by atoms with Gasteiger partial charge in [0.15, 0.2) is 5.82 Å². The summed E-state index contributed by atoms with van der Waals surface area (Å²) in [5.74, 6) is 0.603. The molecule has 0 saturated carbocycles. The van der Waals surface area contributed by atoms with Gasteiger partial charge in [0.05, 0.1) is 17.4 Å². The van der Waals surface area contributed by atoms with E-state index in [-0.39, 0.29) is 11.9 Å². The second-order valence-corrected chi connectivity index (χ2v) is 13.7. The Balaban J connectivity index is 4.40. The van der Waals surface area contributed by atoms with Gasteiger partial charge in [0, 0.05) is 13.6 Å². The molecule has 8 heteroatoms. The highest BCUT2D eigenvalue weighted by Crippen LogP contribution is 2.21. The Hall–Kier alpha value is -1.83. The number of rotatable bonds is 37. The molecule has 47 heavy (non-hydrogen) atoms. The third-order valence-electron chi connectivity index (χ3n) is 9.31. The van der Waals surface area contributed by atoms with Gasteiger partial charge in [-0.25, -0.2) is 0 Å². The van der Waals surface area contributed by atoms with Crippen molar-refractivity contribution < 1.29 is 14.5 Å². The lowest BCUT2D eigenvalue weighted by Crippen LogP contribution is -2.31. The van der Waals surface area contributed by atoms with Crippen molar-refractivity contribution in [1.29, 1.82) is 0 Å². The molecule has 0 aromatic heterocycles. The predicted molar refractivity (Wildman–Crippen MR) is 200 cm³/mol. The fourth-order valence-corrected chi connectivity index (χ4v) is 6.26. The molecule has 0 amide bonds. The molecule has 0 aliphatic heterocycles. The summed E-state index contributed by atoms with van der Waals surface area (Å²) in [4.78, 5) is 25.9. The molecule has 0 heterocycles. The van der Waals surface area contributed by atoms with Crippen molar-refractivity contribution in [3.63, 3.8) is 0 Å². The number of hydrogen-bond donors (Lipinski definition) is 2. The van der Waals surface area contributed by atoms with Gasteiger partial charge < -0.3 is 20.3 Å². The first-order valence-electron chi connectivity index (χ1n) is 20.1. The van der Waals surface area contributed by atoms with E-state index >= 15 is 0 Å². The molecule has 0 aromatic rings. The Morgan fingerprint density at radius 1 is 0.660 bits per heavy atom. The summed E-state index contributed by atoms with van der Waals surface area (Å²) in [5.41, 5.74) is 0. The Bertz CT molecular complexity index is 718. The molecule has 0 bridgehead atoms. The third-order valence-corrected chi connectivity index (χ3v) is 9.31. The second-order valence-electron chi connectivity index (χ2n) is 13.7. The monoisotopic (exact) mass is 667 g/mol. The van der Waals surface area contributed by atoms with Crippen molar-refractivity contribution in [2.75, 3.05) is 39.8 Å². The minimum atomic E-state index is -0.432. The zero-order valence-corrected chi connectivity index (χ0v) is 31.6. The average molecular weight is 667 g/mol. The fourth-order valence-electron chi connectivity index (χ4n) is 6.26. The number of hydrogen-bond acceptors (Lipinski definition) is 7. The third kappa shape index (κ3) is 31.2. The first kappa shape index (κ1) is 45.2. The number of unbranched alkanes of at least 4 members (excludes halogenated alkanes) is 19. The van der Waals surface area contributed by atoms with Gasteiger partial charge in [0.1, 0.15) is 0 Å². The standard InChI is InChI=1S/C39H78N4O4/c1-5-8-11-14-18-23-29-37(30-24-19-15-12-9-6-2)39(44)47-35-27-22-17-21-26-33-42(32-25-20-16-13-10-7-3)34-28-31-41-38(40-4)36-43(45)46/h36-37,40-41H,5-35H2,1-4H3/b38-36+. The summed E-state index contributed by atoms with van der Waals surface area (Å²) in [5, 5.41) is 16.8. The molecular weight excluding hydrogens is 588 g/mol. The summed E-state index contributed by atoms with van der Waals surface area (Å²) < 4.78 is 5.82. The van der Waals surface area contributed by atoms with Crippen LogP contribution >= 0.6 is 0 Å². The van der Waals surface area contributed by atoms with Crippen LogP contribution in [-0.4, -0.2) is 55.6 Å². The maximum absolute atomic E-state index is 13.0. The minimum Gasteiger partial charge on any atom is -0.465 e. The number of esters is 1. The molecule has 2 N–H and O–H groups in total. The molecular formula is C39H78N4O4. The first-order valence-corrected chi connectivity index (χ1v) is 20.1. The molecule has 0 aliphatic rings. The zero-order chi connectivity index (χ0) is 34.6. The number of nitro groups is 1. The van der Waals surface area contributed by atoms with Gasteiger partial charge in [0.2, 0.25) is 0 Å². The lowest BCUT2D eigenvalue weighted by Gasteiger charge is -2.22. The van der Waals surface area contributed by atoms with Crippen LogP contribution in [0.5, 0.6) is 0 Å². The van der Waals surface area contributed by atoms with E-state index in [0.29, 0.717) is 19.0 Å². The van der Waals surface area contributed by atoms with Gasteiger partial charge in [-0.15, -0.1) is 0 Å². The SMILES string of the molecule is CCCCCCCCC(CCCCCCCC)C(=O)OCCCCCCCN(CCCCCCCC)CCCN/C(=C/[N+](=O)[O-])NC. The van der Waals surface area contributed by atoms with Gasteiger partial charge in [-0.3, -0.25) is 14.9 Å². The maximum atomic E-state index is 13.0. The summed E-state index contributed by atoms with van der Waals surface area (Å²) in [6, 6.07) is 0. The van der Waals surface area contributed by atoms with Gasteiger partial charge in [-0.2, -0.15) is 0 Å². The number of nitrogens with one attached hydrogen (secondary N) is 2. The predicted octanol–water partition coefficient (Wildman–Crippen LogP) is 10.5.